The predicted octanol–water partition coefficient (Wildman–Crippen LogP) is 1.90. The summed E-state index contributed by atoms with van der Waals surface area (Å²) in [6, 6.07) is 7.93. The van der Waals surface area contributed by atoms with Gasteiger partial charge in [-0.25, -0.2) is 0 Å². The standard InChI is InChI=1S/C9H13NO/c1-3-10-11-9-6-4-8(2)5-7-9/h4-7,10H,3H2,1-2H3. The lowest BCUT2D eigenvalue weighted by Gasteiger charge is -2.03. The van der Waals surface area contributed by atoms with E-state index in [9.17, 15) is 0 Å². The van der Waals surface area contributed by atoms with E-state index in [1.165, 1.54) is 5.56 Å². The summed E-state index contributed by atoms with van der Waals surface area (Å²) in [6.45, 7) is 4.86. The van der Waals surface area contributed by atoms with Crippen molar-refractivity contribution in [2.75, 3.05) is 6.54 Å². The van der Waals surface area contributed by atoms with E-state index in [1.54, 1.807) is 0 Å². The molecular formula is C9H13NO. The maximum Gasteiger partial charge on any atom is 0.147 e. The fourth-order valence-electron chi connectivity index (χ4n) is 0.762. The molecule has 2 nitrogen and oxygen atoms in total. The Morgan fingerprint density at radius 3 is 2.45 bits per heavy atom. The van der Waals surface area contributed by atoms with Crippen LogP contribution in [0.15, 0.2) is 24.3 Å². The van der Waals surface area contributed by atoms with Crippen LogP contribution in [0.25, 0.3) is 0 Å². The largest absolute Gasteiger partial charge is 0.409 e. The number of hydrogen-bond acceptors (Lipinski definition) is 2. The minimum absolute atomic E-state index is 0.813. The molecule has 0 bridgehead atoms. The molecule has 0 heterocycles. The average Bonchev–Trinajstić information content (AvgIpc) is 2.04. The Kier molecular flexibility index (Phi) is 2.93. The van der Waals surface area contributed by atoms with Crippen molar-refractivity contribution in [3.8, 4) is 5.75 Å². The van der Waals surface area contributed by atoms with Gasteiger partial charge in [-0.15, -0.1) is 0 Å². The molecule has 1 aromatic rings. The molecule has 0 aliphatic heterocycles. The SMILES string of the molecule is CCNOc1ccc(C)cc1. The van der Waals surface area contributed by atoms with E-state index >= 15 is 0 Å². The number of aryl methyl sites for hydroxylation is 1. The van der Waals surface area contributed by atoms with Gasteiger partial charge in [-0.2, -0.15) is 5.48 Å². The fourth-order valence-corrected chi connectivity index (χ4v) is 0.762. The number of rotatable bonds is 3. The van der Waals surface area contributed by atoms with Crippen molar-refractivity contribution >= 4 is 0 Å². The zero-order valence-electron chi connectivity index (χ0n) is 6.92. The summed E-state index contributed by atoms with van der Waals surface area (Å²) in [5, 5.41) is 0. The van der Waals surface area contributed by atoms with Crippen molar-refractivity contribution in [1.29, 1.82) is 0 Å². The first-order valence-corrected chi connectivity index (χ1v) is 3.79. The molecule has 1 aromatic carbocycles. The molecule has 60 valence electrons. The van der Waals surface area contributed by atoms with E-state index in [0.29, 0.717) is 0 Å². The summed E-state index contributed by atoms with van der Waals surface area (Å²) >= 11 is 0. The first-order chi connectivity index (χ1) is 5.33. The Balaban J connectivity index is 2.52. The monoisotopic (exact) mass is 151 g/mol. The molecule has 0 radical (unpaired) electrons. The van der Waals surface area contributed by atoms with Crippen LogP contribution in [-0.4, -0.2) is 6.54 Å². The summed E-state index contributed by atoms with van der Waals surface area (Å²) in [7, 11) is 0. The highest BCUT2D eigenvalue weighted by molar-refractivity contribution is 5.25. The zero-order chi connectivity index (χ0) is 8.10. The molecule has 0 aromatic heterocycles. The molecule has 0 unspecified atom stereocenters. The van der Waals surface area contributed by atoms with E-state index in [2.05, 4.69) is 12.4 Å². The smallest absolute Gasteiger partial charge is 0.147 e. The van der Waals surface area contributed by atoms with Crippen molar-refractivity contribution in [3.63, 3.8) is 0 Å². The molecule has 2 heteroatoms. The minimum Gasteiger partial charge on any atom is -0.409 e. The Bertz CT molecular complexity index is 205. The molecule has 1 N–H and O–H groups in total. The Morgan fingerprint density at radius 2 is 1.91 bits per heavy atom. The van der Waals surface area contributed by atoms with Gasteiger partial charge in [0.25, 0.3) is 0 Å². The van der Waals surface area contributed by atoms with Crippen LogP contribution >= 0.6 is 0 Å². The number of hydroxylamine groups is 1. The van der Waals surface area contributed by atoms with Gasteiger partial charge in [0, 0.05) is 6.54 Å². The van der Waals surface area contributed by atoms with Crippen molar-refractivity contribution in [2.24, 2.45) is 0 Å². The number of hydrogen-bond donors (Lipinski definition) is 1. The van der Waals surface area contributed by atoms with Gasteiger partial charge in [0.2, 0.25) is 0 Å². The lowest BCUT2D eigenvalue weighted by Crippen LogP contribution is -2.16. The van der Waals surface area contributed by atoms with Crippen LogP contribution in [-0.2, 0) is 0 Å². The van der Waals surface area contributed by atoms with Crippen molar-refractivity contribution in [2.45, 2.75) is 13.8 Å². The first kappa shape index (κ1) is 8.08. The lowest BCUT2D eigenvalue weighted by atomic mass is 10.2. The second-order valence-electron chi connectivity index (χ2n) is 2.41. The van der Waals surface area contributed by atoms with Gasteiger partial charge in [0.1, 0.15) is 5.75 Å². The molecule has 0 amide bonds. The predicted molar refractivity (Wildman–Crippen MR) is 45.5 cm³/mol. The van der Waals surface area contributed by atoms with E-state index in [1.807, 2.05) is 31.2 Å². The van der Waals surface area contributed by atoms with Gasteiger partial charge in [-0.1, -0.05) is 17.7 Å². The zero-order valence-corrected chi connectivity index (χ0v) is 6.92. The molecule has 0 saturated carbocycles. The number of nitrogens with one attached hydrogen (secondary N) is 1. The quantitative estimate of drug-likeness (QED) is 0.666. The van der Waals surface area contributed by atoms with Gasteiger partial charge in [0.15, 0.2) is 0 Å². The van der Waals surface area contributed by atoms with Crippen LogP contribution in [0, 0.1) is 6.92 Å². The van der Waals surface area contributed by atoms with E-state index in [-0.39, 0.29) is 0 Å². The summed E-state index contributed by atoms with van der Waals surface area (Å²) in [5.41, 5.74) is 4.03. The average molecular weight is 151 g/mol. The Labute approximate surface area is 67.1 Å². The molecule has 0 fully saturated rings. The van der Waals surface area contributed by atoms with Crippen LogP contribution < -0.4 is 10.3 Å². The van der Waals surface area contributed by atoms with Gasteiger partial charge < -0.3 is 4.84 Å². The van der Waals surface area contributed by atoms with Crippen molar-refractivity contribution < 1.29 is 4.84 Å². The fraction of sp³-hybridized carbons (Fsp3) is 0.333. The summed E-state index contributed by atoms with van der Waals surface area (Å²) in [6.07, 6.45) is 0. The normalized spacial score (nSPS) is 9.64. The molecule has 0 atom stereocenters. The third kappa shape index (κ3) is 2.60. The van der Waals surface area contributed by atoms with Gasteiger partial charge in [0.05, 0.1) is 0 Å². The van der Waals surface area contributed by atoms with Gasteiger partial charge in [-0.3, -0.25) is 0 Å². The third-order valence-electron chi connectivity index (χ3n) is 1.36. The summed E-state index contributed by atoms with van der Waals surface area (Å²) in [5.74, 6) is 0.859. The highest BCUT2D eigenvalue weighted by Gasteiger charge is 1.89. The molecule has 11 heavy (non-hydrogen) atoms. The van der Waals surface area contributed by atoms with E-state index in [0.717, 1.165) is 12.3 Å². The van der Waals surface area contributed by atoms with E-state index < -0.39 is 0 Å². The van der Waals surface area contributed by atoms with Crippen molar-refractivity contribution in [1.82, 2.24) is 5.48 Å². The number of benzene rings is 1. The molecule has 0 saturated heterocycles. The van der Waals surface area contributed by atoms with Crippen LogP contribution in [0.1, 0.15) is 12.5 Å². The molecule has 0 aliphatic carbocycles. The maximum absolute atomic E-state index is 5.16. The second-order valence-corrected chi connectivity index (χ2v) is 2.41. The first-order valence-electron chi connectivity index (χ1n) is 3.79. The topological polar surface area (TPSA) is 21.3 Å². The van der Waals surface area contributed by atoms with Gasteiger partial charge in [-0.05, 0) is 26.0 Å². The third-order valence-corrected chi connectivity index (χ3v) is 1.36. The molecule has 0 aliphatic rings. The van der Waals surface area contributed by atoms with Crippen molar-refractivity contribution in [3.05, 3.63) is 29.8 Å². The lowest BCUT2D eigenvalue weighted by molar-refractivity contribution is 0.202. The summed E-state index contributed by atoms with van der Waals surface area (Å²) in [4.78, 5) is 5.16. The summed E-state index contributed by atoms with van der Waals surface area (Å²) < 4.78 is 0. The van der Waals surface area contributed by atoms with E-state index in [4.69, 9.17) is 4.84 Å². The molecular weight excluding hydrogens is 138 g/mol. The van der Waals surface area contributed by atoms with Gasteiger partial charge >= 0.3 is 0 Å². The van der Waals surface area contributed by atoms with Crippen LogP contribution in [0.5, 0.6) is 5.75 Å². The Morgan fingerprint density at radius 1 is 1.27 bits per heavy atom. The van der Waals surface area contributed by atoms with Crippen LogP contribution in [0.3, 0.4) is 0 Å². The Hall–Kier alpha value is -1.02. The molecule has 1 rings (SSSR count). The second kappa shape index (κ2) is 3.98. The highest BCUT2D eigenvalue weighted by atomic mass is 16.6. The van der Waals surface area contributed by atoms with Crippen LogP contribution in [0.2, 0.25) is 0 Å². The van der Waals surface area contributed by atoms with Crippen LogP contribution in [0.4, 0.5) is 0 Å². The minimum atomic E-state index is 0.813. The molecule has 0 spiro atoms. The highest BCUT2D eigenvalue weighted by Crippen LogP contribution is 2.09. The maximum atomic E-state index is 5.16.